The van der Waals surface area contributed by atoms with Crippen LogP contribution < -0.4 is 4.74 Å². The molecule has 1 aromatic rings. The van der Waals surface area contributed by atoms with Gasteiger partial charge in [0, 0.05) is 10.7 Å². The second-order valence-electron chi connectivity index (χ2n) is 2.11. The monoisotopic (exact) mass is 236 g/mol. The molecule has 13 heavy (non-hydrogen) atoms. The van der Waals surface area contributed by atoms with Gasteiger partial charge in [0.25, 0.3) is 0 Å². The average Bonchev–Trinajstić information content (AvgIpc) is 2.16. The minimum atomic E-state index is 0.114. The molecule has 64 valence electrons. The van der Waals surface area contributed by atoms with Gasteiger partial charge in [0.1, 0.15) is 11.6 Å². The topological polar surface area (TPSA) is 45.9 Å². The Morgan fingerprint density at radius 3 is 3.08 bits per heavy atom. The predicted octanol–water partition coefficient (Wildman–Crippen LogP) is 1.73. The summed E-state index contributed by atoms with van der Waals surface area (Å²) in [6.07, 6.45) is 6.55. The van der Waals surface area contributed by atoms with Crippen LogP contribution in [0.4, 0.5) is 0 Å². The number of nitrogens with zero attached hydrogens (tertiary/aromatic N) is 2. The molecule has 0 spiro atoms. The van der Waals surface area contributed by atoms with E-state index < -0.39 is 0 Å². The fraction of sp³-hybridized carbons (Fsp3) is 0.111. The maximum atomic E-state index is 8.70. The summed E-state index contributed by atoms with van der Waals surface area (Å²) in [4.78, 5) is 3.90. The minimum absolute atomic E-state index is 0.114. The van der Waals surface area contributed by atoms with Crippen molar-refractivity contribution in [1.29, 1.82) is 5.26 Å². The van der Waals surface area contributed by atoms with E-state index in [2.05, 4.69) is 26.8 Å². The van der Waals surface area contributed by atoms with Crippen LogP contribution in [0.25, 0.3) is 0 Å². The van der Waals surface area contributed by atoms with Crippen LogP contribution in [0, 0.1) is 23.7 Å². The second kappa shape index (κ2) is 4.49. The van der Waals surface area contributed by atoms with E-state index in [1.165, 1.54) is 0 Å². The molecule has 0 fully saturated rings. The number of ether oxygens (including phenoxy) is 1. The molecule has 1 aromatic heterocycles. The molecule has 0 bridgehead atoms. The van der Waals surface area contributed by atoms with Crippen molar-refractivity contribution in [2.75, 3.05) is 6.61 Å². The lowest BCUT2D eigenvalue weighted by molar-refractivity contribution is 0.354. The van der Waals surface area contributed by atoms with Crippen LogP contribution in [0.1, 0.15) is 5.56 Å². The quantitative estimate of drug-likeness (QED) is 0.735. The van der Waals surface area contributed by atoms with Gasteiger partial charge >= 0.3 is 0 Å². The molecular formula is C9H5BrN2O. The second-order valence-corrected chi connectivity index (χ2v) is 3.03. The summed E-state index contributed by atoms with van der Waals surface area (Å²) in [5.74, 6) is 2.57. The van der Waals surface area contributed by atoms with Gasteiger partial charge < -0.3 is 4.74 Å². The first kappa shape index (κ1) is 9.57. The normalized spacial score (nSPS) is 8.54. The van der Waals surface area contributed by atoms with Crippen LogP contribution in [-0.4, -0.2) is 11.6 Å². The highest BCUT2D eigenvalue weighted by Crippen LogP contribution is 2.18. The third kappa shape index (κ3) is 2.47. The Hall–Kier alpha value is -1.52. The molecule has 1 heterocycles. The summed E-state index contributed by atoms with van der Waals surface area (Å²) in [5.41, 5.74) is 0.365. The Morgan fingerprint density at radius 1 is 1.69 bits per heavy atom. The van der Waals surface area contributed by atoms with E-state index in [1.54, 1.807) is 12.3 Å². The molecule has 0 N–H and O–H groups in total. The number of hydrogen-bond acceptors (Lipinski definition) is 3. The molecule has 0 aliphatic heterocycles. The molecule has 4 heteroatoms. The van der Waals surface area contributed by atoms with Crippen molar-refractivity contribution < 1.29 is 4.74 Å². The lowest BCUT2D eigenvalue weighted by Gasteiger charge is -2.02. The van der Waals surface area contributed by atoms with E-state index in [-0.39, 0.29) is 12.5 Å². The van der Waals surface area contributed by atoms with Crippen molar-refractivity contribution in [3.05, 3.63) is 22.3 Å². The molecule has 0 aromatic carbocycles. The van der Waals surface area contributed by atoms with E-state index in [1.807, 2.05) is 6.07 Å². The fourth-order valence-electron chi connectivity index (χ4n) is 0.732. The number of rotatable bonds is 2. The van der Waals surface area contributed by atoms with Crippen molar-refractivity contribution >= 4 is 15.9 Å². The van der Waals surface area contributed by atoms with Crippen molar-refractivity contribution in [3.8, 4) is 24.3 Å². The number of nitriles is 1. The van der Waals surface area contributed by atoms with Crippen molar-refractivity contribution in [3.63, 3.8) is 0 Å². The predicted molar refractivity (Wildman–Crippen MR) is 51.0 cm³/mol. The lowest BCUT2D eigenvalue weighted by atomic mass is 10.3. The van der Waals surface area contributed by atoms with Gasteiger partial charge in [-0.3, -0.25) is 0 Å². The van der Waals surface area contributed by atoms with Crippen LogP contribution in [0.3, 0.4) is 0 Å². The number of terminal acetylenes is 1. The fourth-order valence-corrected chi connectivity index (χ4v) is 1.06. The number of halogens is 1. The zero-order valence-electron chi connectivity index (χ0n) is 6.62. The Morgan fingerprint density at radius 2 is 2.46 bits per heavy atom. The third-order valence-electron chi connectivity index (χ3n) is 1.23. The van der Waals surface area contributed by atoms with Gasteiger partial charge in [-0.05, 0) is 22.0 Å². The number of hydrogen-bond donors (Lipinski definition) is 0. The Balaban J connectivity index is 2.96. The average molecular weight is 237 g/mol. The molecule has 0 unspecified atom stereocenters. The van der Waals surface area contributed by atoms with Crippen molar-refractivity contribution in [1.82, 2.24) is 4.98 Å². The van der Waals surface area contributed by atoms with Crippen molar-refractivity contribution in [2.24, 2.45) is 0 Å². The summed E-state index contributed by atoms with van der Waals surface area (Å²) in [5, 5.41) is 8.70. The molecule has 0 atom stereocenters. The van der Waals surface area contributed by atoms with E-state index in [9.17, 15) is 0 Å². The van der Waals surface area contributed by atoms with E-state index >= 15 is 0 Å². The van der Waals surface area contributed by atoms with Gasteiger partial charge in [-0.15, -0.1) is 6.42 Å². The van der Waals surface area contributed by atoms with E-state index in [0.29, 0.717) is 5.56 Å². The summed E-state index contributed by atoms with van der Waals surface area (Å²) in [6.45, 7) is 0.114. The lowest BCUT2D eigenvalue weighted by Crippen LogP contribution is -1.98. The van der Waals surface area contributed by atoms with Gasteiger partial charge in [0.2, 0.25) is 5.88 Å². The zero-order valence-corrected chi connectivity index (χ0v) is 8.21. The standard InChI is InChI=1S/C9H5BrN2O/c1-2-3-13-9-7(5-11)4-8(10)6-12-9/h1,4,6H,3H2. The molecule has 0 aliphatic rings. The first-order valence-corrected chi connectivity index (χ1v) is 4.19. The largest absolute Gasteiger partial charge is 0.464 e. The van der Waals surface area contributed by atoms with Gasteiger partial charge in [0.15, 0.2) is 6.61 Å². The minimum Gasteiger partial charge on any atom is -0.464 e. The first-order chi connectivity index (χ1) is 6.27. The molecule has 0 saturated heterocycles. The highest BCUT2D eigenvalue weighted by atomic mass is 79.9. The van der Waals surface area contributed by atoms with Crippen LogP contribution in [0.5, 0.6) is 5.88 Å². The molecule has 0 radical (unpaired) electrons. The van der Waals surface area contributed by atoms with Crippen LogP contribution >= 0.6 is 15.9 Å². The van der Waals surface area contributed by atoms with Crippen LogP contribution in [0.15, 0.2) is 16.7 Å². The first-order valence-electron chi connectivity index (χ1n) is 3.40. The van der Waals surface area contributed by atoms with Gasteiger partial charge in [0.05, 0.1) is 0 Å². The molecular weight excluding hydrogens is 232 g/mol. The Kier molecular flexibility index (Phi) is 3.31. The van der Waals surface area contributed by atoms with Crippen LogP contribution in [0.2, 0.25) is 0 Å². The number of aromatic nitrogens is 1. The van der Waals surface area contributed by atoms with Crippen molar-refractivity contribution in [2.45, 2.75) is 0 Å². The third-order valence-corrected chi connectivity index (χ3v) is 1.66. The Bertz CT molecular complexity index is 390. The summed E-state index contributed by atoms with van der Waals surface area (Å²) < 4.78 is 5.78. The summed E-state index contributed by atoms with van der Waals surface area (Å²) in [7, 11) is 0. The molecule has 0 saturated carbocycles. The maximum absolute atomic E-state index is 8.70. The molecule has 3 nitrogen and oxygen atoms in total. The zero-order chi connectivity index (χ0) is 9.68. The molecule has 1 rings (SSSR count). The maximum Gasteiger partial charge on any atom is 0.232 e. The summed E-state index contributed by atoms with van der Waals surface area (Å²) >= 11 is 3.20. The van der Waals surface area contributed by atoms with E-state index in [4.69, 9.17) is 16.4 Å². The summed E-state index contributed by atoms with van der Waals surface area (Å²) in [6, 6.07) is 3.58. The van der Waals surface area contributed by atoms with E-state index in [0.717, 1.165) is 4.47 Å². The SMILES string of the molecule is C#CCOc1ncc(Br)cc1C#N. The molecule has 0 aliphatic carbocycles. The smallest absolute Gasteiger partial charge is 0.232 e. The Labute approximate surface area is 84.5 Å². The van der Waals surface area contributed by atoms with Gasteiger partial charge in [-0.1, -0.05) is 5.92 Å². The molecule has 0 amide bonds. The highest BCUT2D eigenvalue weighted by molar-refractivity contribution is 9.10. The highest BCUT2D eigenvalue weighted by Gasteiger charge is 2.04. The number of pyridine rings is 1. The van der Waals surface area contributed by atoms with Gasteiger partial charge in [-0.2, -0.15) is 5.26 Å². The van der Waals surface area contributed by atoms with Gasteiger partial charge in [-0.25, -0.2) is 4.98 Å². The van der Waals surface area contributed by atoms with Crippen LogP contribution in [-0.2, 0) is 0 Å².